The summed E-state index contributed by atoms with van der Waals surface area (Å²) in [5.74, 6) is 1.55. The minimum absolute atomic E-state index is 0.0235. The average molecular weight is 378 g/mol. The van der Waals surface area contributed by atoms with Crippen LogP contribution in [0.2, 0.25) is 0 Å². The van der Waals surface area contributed by atoms with Gasteiger partial charge < -0.3 is 19.6 Å². The Morgan fingerprint density at radius 3 is 2.61 bits per heavy atom. The Morgan fingerprint density at radius 2 is 1.89 bits per heavy atom. The van der Waals surface area contributed by atoms with E-state index in [1.807, 2.05) is 12.1 Å². The molecule has 3 aromatic rings. The van der Waals surface area contributed by atoms with Gasteiger partial charge in [-0.2, -0.15) is 0 Å². The van der Waals surface area contributed by atoms with Crippen LogP contribution < -0.4 is 9.64 Å². The highest BCUT2D eigenvalue weighted by molar-refractivity contribution is 5.95. The van der Waals surface area contributed by atoms with Crippen molar-refractivity contribution in [3.8, 4) is 17.1 Å². The molecule has 6 heteroatoms. The summed E-state index contributed by atoms with van der Waals surface area (Å²) in [6.45, 7) is 7.63. The predicted molar refractivity (Wildman–Crippen MR) is 112 cm³/mol. The molecule has 1 aliphatic heterocycles. The predicted octanol–water partition coefficient (Wildman–Crippen LogP) is 2.81. The molecule has 0 saturated carbocycles. The van der Waals surface area contributed by atoms with E-state index >= 15 is 0 Å². The number of aliphatic hydroxyl groups is 1. The van der Waals surface area contributed by atoms with E-state index in [0.29, 0.717) is 5.88 Å². The van der Waals surface area contributed by atoms with Gasteiger partial charge in [0.25, 0.3) is 0 Å². The molecular weight excluding hydrogens is 352 g/mol. The first-order valence-corrected chi connectivity index (χ1v) is 9.85. The number of pyridine rings is 2. The summed E-state index contributed by atoms with van der Waals surface area (Å²) in [4.78, 5) is 14.2. The third kappa shape index (κ3) is 3.93. The number of fused-ring (bicyclic) bond motifs is 1. The van der Waals surface area contributed by atoms with Crippen LogP contribution in [0.1, 0.15) is 6.92 Å². The third-order valence-electron chi connectivity index (χ3n) is 5.21. The Morgan fingerprint density at radius 1 is 1.07 bits per heavy atom. The molecule has 6 nitrogen and oxygen atoms in total. The number of ether oxygens (including phenoxy) is 1. The summed E-state index contributed by atoms with van der Waals surface area (Å²) >= 11 is 0. The molecule has 1 N–H and O–H groups in total. The van der Waals surface area contributed by atoms with Gasteiger partial charge in [0.15, 0.2) is 0 Å². The highest BCUT2D eigenvalue weighted by Crippen LogP contribution is 2.30. The molecule has 0 bridgehead atoms. The lowest BCUT2D eigenvalue weighted by atomic mass is 10.1. The van der Waals surface area contributed by atoms with Crippen LogP contribution in [0.3, 0.4) is 0 Å². The zero-order valence-corrected chi connectivity index (χ0v) is 16.2. The number of piperazine rings is 1. The fraction of sp³-hybridized carbons (Fsp3) is 0.364. The molecule has 2 aromatic heterocycles. The standard InChI is InChI=1S/C22H26N4O2/c1-2-25-9-11-26(12-10-25)22-19-6-4-3-5-17(19)15-20(24-22)18-7-8-21(23-16-18)28-14-13-27/h3-8,15-16,27H,2,9-14H2,1H3. The van der Waals surface area contributed by atoms with Crippen LogP contribution in [-0.2, 0) is 0 Å². The zero-order chi connectivity index (χ0) is 19.3. The van der Waals surface area contributed by atoms with Crippen molar-refractivity contribution in [1.82, 2.24) is 14.9 Å². The van der Waals surface area contributed by atoms with Gasteiger partial charge in [0.2, 0.25) is 5.88 Å². The number of nitrogens with zero attached hydrogens (tertiary/aromatic N) is 4. The molecule has 1 saturated heterocycles. The summed E-state index contributed by atoms with van der Waals surface area (Å²) in [6.07, 6.45) is 1.78. The number of aromatic nitrogens is 2. The lowest BCUT2D eigenvalue weighted by molar-refractivity contribution is 0.196. The molecule has 1 aliphatic rings. The molecular formula is C22H26N4O2. The van der Waals surface area contributed by atoms with Crippen LogP contribution in [0.4, 0.5) is 5.82 Å². The summed E-state index contributed by atoms with van der Waals surface area (Å²) in [7, 11) is 0. The molecule has 0 radical (unpaired) electrons. The first-order chi connectivity index (χ1) is 13.8. The molecule has 1 fully saturated rings. The van der Waals surface area contributed by atoms with E-state index in [4.69, 9.17) is 14.8 Å². The van der Waals surface area contributed by atoms with Crippen LogP contribution in [0.15, 0.2) is 48.7 Å². The van der Waals surface area contributed by atoms with E-state index in [-0.39, 0.29) is 13.2 Å². The van der Waals surface area contributed by atoms with Crippen LogP contribution in [0.5, 0.6) is 5.88 Å². The molecule has 3 heterocycles. The Hall–Kier alpha value is -2.70. The Bertz CT molecular complexity index is 921. The largest absolute Gasteiger partial charge is 0.475 e. The SMILES string of the molecule is CCN1CCN(c2nc(-c3ccc(OCCO)nc3)cc3ccccc23)CC1. The lowest BCUT2D eigenvalue weighted by Crippen LogP contribution is -2.46. The van der Waals surface area contributed by atoms with Gasteiger partial charge in [0, 0.05) is 49.4 Å². The Labute approximate surface area is 165 Å². The molecule has 146 valence electrons. The summed E-state index contributed by atoms with van der Waals surface area (Å²) in [5, 5.41) is 11.2. The Balaban J connectivity index is 1.68. The maximum atomic E-state index is 8.88. The van der Waals surface area contributed by atoms with E-state index in [1.54, 1.807) is 6.20 Å². The minimum Gasteiger partial charge on any atom is -0.475 e. The zero-order valence-electron chi connectivity index (χ0n) is 16.2. The molecule has 0 amide bonds. The van der Waals surface area contributed by atoms with Crippen molar-refractivity contribution in [2.45, 2.75) is 6.92 Å². The van der Waals surface area contributed by atoms with Crippen LogP contribution >= 0.6 is 0 Å². The monoisotopic (exact) mass is 378 g/mol. The number of benzene rings is 1. The lowest BCUT2D eigenvalue weighted by Gasteiger charge is -2.35. The quantitative estimate of drug-likeness (QED) is 0.712. The van der Waals surface area contributed by atoms with Crippen molar-refractivity contribution in [3.05, 3.63) is 48.7 Å². The highest BCUT2D eigenvalue weighted by Gasteiger charge is 2.19. The first-order valence-electron chi connectivity index (χ1n) is 9.85. The number of hydrogen-bond donors (Lipinski definition) is 1. The summed E-state index contributed by atoms with van der Waals surface area (Å²) in [5.41, 5.74) is 1.86. The average Bonchev–Trinajstić information content (AvgIpc) is 2.77. The summed E-state index contributed by atoms with van der Waals surface area (Å²) < 4.78 is 5.36. The van der Waals surface area contributed by atoms with Gasteiger partial charge >= 0.3 is 0 Å². The maximum Gasteiger partial charge on any atom is 0.213 e. The van der Waals surface area contributed by atoms with Gasteiger partial charge in [0.1, 0.15) is 12.4 Å². The van der Waals surface area contributed by atoms with Gasteiger partial charge in [0.05, 0.1) is 12.3 Å². The molecule has 0 unspecified atom stereocenters. The van der Waals surface area contributed by atoms with Gasteiger partial charge in [-0.15, -0.1) is 0 Å². The second kappa shape index (κ2) is 8.54. The highest BCUT2D eigenvalue weighted by atomic mass is 16.5. The van der Waals surface area contributed by atoms with Gasteiger partial charge in [-0.1, -0.05) is 31.2 Å². The van der Waals surface area contributed by atoms with Crippen molar-refractivity contribution in [1.29, 1.82) is 0 Å². The number of aliphatic hydroxyl groups excluding tert-OH is 1. The Kier molecular flexibility index (Phi) is 5.69. The molecule has 0 spiro atoms. The van der Waals surface area contributed by atoms with E-state index in [1.165, 1.54) is 10.8 Å². The number of rotatable bonds is 6. The van der Waals surface area contributed by atoms with E-state index < -0.39 is 0 Å². The van der Waals surface area contributed by atoms with Crippen LogP contribution in [0.25, 0.3) is 22.0 Å². The van der Waals surface area contributed by atoms with E-state index in [9.17, 15) is 0 Å². The minimum atomic E-state index is -0.0235. The second-order valence-corrected chi connectivity index (χ2v) is 6.93. The van der Waals surface area contributed by atoms with E-state index in [2.05, 4.69) is 52.0 Å². The van der Waals surface area contributed by atoms with Crippen LogP contribution in [-0.4, -0.2) is 65.9 Å². The van der Waals surface area contributed by atoms with Crippen molar-refractivity contribution in [2.24, 2.45) is 0 Å². The van der Waals surface area contributed by atoms with Gasteiger partial charge in [-0.3, -0.25) is 0 Å². The van der Waals surface area contributed by atoms with Crippen molar-refractivity contribution in [2.75, 3.05) is 50.8 Å². The van der Waals surface area contributed by atoms with Crippen molar-refractivity contribution < 1.29 is 9.84 Å². The van der Waals surface area contributed by atoms with Gasteiger partial charge in [-0.05, 0) is 24.1 Å². The fourth-order valence-electron chi connectivity index (χ4n) is 3.61. The van der Waals surface area contributed by atoms with E-state index in [0.717, 1.165) is 49.8 Å². The molecule has 4 rings (SSSR count). The number of hydrogen-bond acceptors (Lipinski definition) is 6. The second-order valence-electron chi connectivity index (χ2n) is 6.93. The van der Waals surface area contributed by atoms with Crippen molar-refractivity contribution in [3.63, 3.8) is 0 Å². The molecule has 28 heavy (non-hydrogen) atoms. The molecule has 1 aromatic carbocycles. The third-order valence-corrected chi connectivity index (χ3v) is 5.21. The van der Waals surface area contributed by atoms with Crippen LogP contribution in [0, 0.1) is 0 Å². The first kappa shape index (κ1) is 18.7. The number of anilines is 1. The molecule has 0 aliphatic carbocycles. The molecule has 0 atom stereocenters. The fourth-order valence-corrected chi connectivity index (χ4v) is 3.61. The maximum absolute atomic E-state index is 8.88. The normalized spacial score (nSPS) is 15.1. The number of likely N-dealkylation sites (N-methyl/N-ethyl adjacent to an activating group) is 1. The summed E-state index contributed by atoms with van der Waals surface area (Å²) in [6, 6.07) is 14.3. The van der Waals surface area contributed by atoms with Gasteiger partial charge in [-0.25, -0.2) is 9.97 Å². The van der Waals surface area contributed by atoms with Crippen molar-refractivity contribution >= 4 is 16.6 Å². The topological polar surface area (TPSA) is 61.7 Å². The smallest absolute Gasteiger partial charge is 0.213 e.